The van der Waals surface area contributed by atoms with Gasteiger partial charge in [0.05, 0.1) is 12.2 Å². The lowest BCUT2D eigenvalue weighted by molar-refractivity contribution is -0.137. The van der Waals surface area contributed by atoms with Gasteiger partial charge in [-0.2, -0.15) is 13.2 Å². The van der Waals surface area contributed by atoms with Crippen molar-refractivity contribution in [2.75, 3.05) is 6.61 Å². The third kappa shape index (κ3) is 3.29. The number of benzene rings is 1. The maximum absolute atomic E-state index is 12.5. The van der Waals surface area contributed by atoms with Crippen LogP contribution in [0.2, 0.25) is 0 Å². The summed E-state index contributed by atoms with van der Waals surface area (Å²) >= 11 is 0. The number of ether oxygens (including phenoxy) is 1. The van der Waals surface area contributed by atoms with Gasteiger partial charge < -0.3 is 9.15 Å². The molecule has 0 N–H and O–H groups in total. The topological polar surface area (TPSA) is 52.3 Å². The van der Waals surface area contributed by atoms with Crippen LogP contribution >= 0.6 is 0 Å². The zero-order valence-corrected chi connectivity index (χ0v) is 12.0. The molecule has 0 radical (unpaired) electrons. The zero-order chi connectivity index (χ0) is 16.3. The predicted molar refractivity (Wildman–Crippen MR) is 72.3 cm³/mol. The number of halogens is 3. The number of aryl methyl sites for hydroxylation is 1. The first-order valence-electron chi connectivity index (χ1n) is 6.71. The highest BCUT2D eigenvalue weighted by Gasteiger charge is 2.30. The van der Waals surface area contributed by atoms with E-state index in [1.54, 1.807) is 13.8 Å². The molecule has 0 spiro atoms. The Kier molecular flexibility index (Phi) is 4.54. The summed E-state index contributed by atoms with van der Waals surface area (Å²) in [4.78, 5) is 15.8. The number of hydrogen-bond acceptors (Lipinski definition) is 4. The van der Waals surface area contributed by atoms with Gasteiger partial charge in [-0.25, -0.2) is 9.78 Å². The Hall–Kier alpha value is -2.31. The number of aromatic nitrogens is 1. The normalized spacial score (nSPS) is 11.5. The quantitative estimate of drug-likeness (QED) is 0.797. The van der Waals surface area contributed by atoms with Crippen LogP contribution in [0.1, 0.15) is 35.7 Å². The largest absolute Gasteiger partial charge is 0.461 e. The van der Waals surface area contributed by atoms with Crippen LogP contribution in [0.5, 0.6) is 0 Å². The average Bonchev–Trinajstić information content (AvgIpc) is 2.91. The number of oxazole rings is 1. The van der Waals surface area contributed by atoms with Gasteiger partial charge in [0.15, 0.2) is 5.69 Å². The van der Waals surface area contributed by atoms with Gasteiger partial charge in [0, 0.05) is 12.0 Å². The van der Waals surface area contributed by atoms with Crippen LogP contribution in [0.25, 0.3) is 11.5 Å². The van der Waals surface area contributed by atoms with E-state index in [-0.39, 0.29) is 18.2 Å². The summed E-state index contributed by atoms with van der Waals surface area (Å²) in [5.41, 5.74) is -0.346. The predicted octanol–water partition coefficient (Wildman–Crippen LogP) is 4.10. The Morgan fingerprint density at radius 3 is 2.36 bits per heavy atom. The smallest absolute Gasteiger partial charge is 0.416 e. The van der Waals surface area contributed by atoms with Gasteiger partial charge in [-0.05, 0) is 31.2 Å². The fourth-order valence-electron chi connectivity index (χ4n) is 1.88. The van der Waals surface area contributed by atoms with Gasteiger partial charge >= 0.3 is 12.1 Å². The third-order valence-corrected chi connectivity index (χ3v) is 2.95. The first kappa shape index (κ1) is 16.1. The van der Waals surface area contributed by atoms with Crippen LogP contribution in [-0.4, -0.2) is 17.6 Å². The molecule has 0 bridgehead atoms. The Morgan fingerprint density at radius 2 is 1.86 bits per heavy atom. The zero-order valence-electron chi connectivity index (χ0n) is 12.0. The highest BCUT2D eigenvalue weighted by molar-refractivity contribution is 5.89. The van der Waals surface area contributed by atoms with Crippen LogP contribution in [0.4, 0.5) is 13.2 Å². The second-order valence-corrected chi connectivity index (χ2v) is 4.44. The molecule has 7 heteroatoms. The van der Waals surface area contributed by atoms with Crippen molar-refractivity contribution in [2.45, 2.75) is 26.4 Å². The van der Waals surface area contributed by atoms with Gasteiger partial charge in [0.1, 0.15) is 5.76 Å². The van der Waals surface area contributed by atoms with E-state index in [1.807, 2.05) is 0 Å². The SMILES string of the molecule is CCOC(=O)c1nc(-c2ccc(C(F)(F)F)cc2)oc1CC. The molecule has 0 aliphatic carbocycles. The van der Waals surface area contributed by atoms with E-state index in [1.165, 1.54) is 12.1 Å². The summed E-state index contributed by atoms with van der Waals surface area (Å²) in [5.74, 6) is -0.178. The lowest BCUT2D eigenvalue weighted by atomic mass is 10.1. The number of carbonyl (C=O) groups is 1. The number of rotatable bonds is 4. The van der Waals surface area contributed by atoms with Crippen molar-refractivity contribution in [3.05, 3.63) is 41.3 Å². The molecule has 0 atom stereocenters. The van der Waals surface area contributed by atoms with Crippen molar-refractivity contribution in [2.24, 2.45) is 0 Å². The highest BCUT2D eigenvalue weighted by Crippen LogP contribution is 2.31. The van der Waals surface area contributed by atoms with Gasteiger partial charge in [0.2, 0.25) is 5.89 Å². The van der Waals surface area contributed by atoms with E-state index >= 15 is 0 Å². The van der Waals surface area contributed by atoms with E-state index in [0.717, 1.165) is 12.1 Å². The van der Waals surface area contributed by atoms with E-state index in [9.17, 15) is 18.0 Å². The molecule has 0 saturated carbocycles. The molecule has 4 nitrogen and oxygen atoms in total. The van der Waals surface area contributed by atoms with Gasteiger partial charge in [-0.15, -0.1) is 0 Å². The molecular formula is C15H14F3NO3. The molecular weight excluding hydrogens is 299 g/mol. The Labute approximate surface area is 124 Å². The van der Waals surface area contributed by atoms with E-state index in [0.29, 0.717) is 17.7 Å². The molecule has 0 aliphatic rings. The van der Waals surface area contributed by atoms with Crippen molar-refractivity contribution in [1.29, 1.82) is 0 Å². The standard InChI is InChI=1S/C15H14F3NO3/c1-3-11-12(14(20)21-4-2)19-13(22-11)9-5-7-10(8-6-9)15(16,17)18/h5-8H,3-4H2,1-2H3. The molecule has 0 aliphatic heterocycles. The van der Waals surface area contributed by atoms with Crippen LogP contribution in [0, 0.1) is 0 Å². The molecule has 0 amide bonds. The van der Waals surface area contributed by atoms with Crippen molar-refractivity contribution >= 4 is 5.97 Å². The lowest BCUT2D eigenvalue weighted by Gasteiger charge is -2.06. The van der Waals surface area contributed by atoms with Crippen molar-refractivity contribution in [1.82, 2.24) is 4.98 Å². The minimum absolute atomic E-state index is 0.0549. The fraction of sp³-hybridized carbons (Fsp3) is 0.333. The van der Waals surface area contributed by atoms with Crippen molar-refractivity contribution in [3.8, 4) is 11.5 Å². The molecule has 2 aromatic rings. The molecule has 118 valence electrons. The Bertz CT molecular complexity index is 660. The molecule has 1 aromatic carbocycles. The third-order valence-electron chi connectivity index (χ3n) is 2.95. The summed E-state index contributed by atoms with van der Waals surface area (Å²) in [7, 11) is 0. The second-order valence-electron chi connectivity index (χ2n) is 4.44. The summed E-state index contributed by atoms with van der Waals surface area (Å²) in [6.45, 7) is 3.64. The van der Waals surface area contributed by atoms with E-state index < -0.39 is 17.7 Å². The Morgan fingerprint density at radius 1 is 1.23 bits per heavy atom. The minimum Gasteiger partial charge on any atom is -0.461 e. The van der Waals surface area contributed by atoms with Gasteiger partial charge in [-0.3, -0.25) is 0 Å². The molecule has 1 heterocycles. The fourth-order valence-corrected chi connectivity index (χ4v) is 1.88. The second kappa shape index (κ2) is 6.21. The minimum atomic E-state index is -4.40. The van der Waals surface area contributed by atoms with Gasteiger partial charge in [0.25, 0.3) is 0 Å². The molecule has 22 heavy (non-hydrogen) atoms. The number of carbonyl (C=O) groups excluding carboxylic acids is 1. The Balaban J connectivity index is 2.35. The molecule has 2 rings (SSSR count). The number of esters is 1. The first-order chi connectivity index (χ1) is 10.4. The highest BCUT2D eigenvalue weighted by atomic mass is 19.4. The monoisotopic (exact) mass is 313 g/mol. The molecule has 0 saturated heterocycles. The summed E-state index contributed by atoms with van der Waals surface area (Å²) in [5, 5.41) is 0. The number of alkyl halides is 3. The van der Waals surface area contributed by atoms with Crippen LogP contribution in [0.3, 0.4) is 0 Å². The van der Waals surface area contributed by atoms with Crippen LogP contribution in [0.15, 0.2) is 28.7 Å². The van der Waals surface area contributed by atoms with Crippen LogP contribution in [-0.2, 0) is 17.3 Å². The number of hydrogen-bond donors (Lipinski definition) is 0. The maximum atomic E-state index is 12.5. The van der Waals surface area contributed by atoms with Gasteiger partial charge in [-0.1, -0.05) is 6.92 Å². The summed E-state index contributed by atoms with van der Waals surface area (Å²) in [6.07, 6.45) is -3.98. The number of nitrogens with zero attached hydrogens (tertiary/aromatic N) is 1. The maximum Gasteiger partial charge on any atom is 0.416 e. The van der Waals surface area contributed by atoms with E-state index in [2.05, 4.69) is 4.98 Å². The molecule has 1 aromatic heterocycles. The first-order valence-corrected chi connectivity index (χ1v) is 6.71. The average molecular weight is 313 g/mol. The van der Waals surface area contributed by atoms with Crippen molar-refractivity contribution in [3.63, 3.8) is 0 Å². The van der Waals surface area contributed by atoms with Crippen molar-refractivity contribution < 1.29 is 27.1 Å². The lowest BCUT2D eigenvalue weighted by Crippen LogP contribution is -2.07. The van der Waals surface area contributed by atoms with Crippen LogP contribution < -0.4 is 0 Å². The van der Waals surface area contributed by atoms with E-state index in [4.69, 9.17) is 9.15 Å². The molecule has 0 fully saturated rings. The summed E-state index contributed by atoms with van der Waals surface area (Å²) < 4.78 is 47.9. The molecule has 0 unspecified atom stereocenters. The summed E-state index contributed by atoms with van der Waals surface area (Å²) in [6, 6.07) is 4.39.